The minimum Gasteiger partial charge on any atom is -0.419 e. The first-order chi connectivity index (χ1) is 11.5. The molecule has 1 heterocycles. The highest BCUT2D eigenvalue weighted by Gasteiger charge is 2.14. The van der Waals surface area contributed by atoms with Crippen molar-refractivity contribution in [3.8, 4) is 11.5 Å². The maximum Gasteiger partial charge on any atom is 0.247 e. The molecule has 0 amide bonds. The molecule has 24 heavy (non-hydrogen) atoms. The second-order valence-electron chi connectivity index (χ2n) is 5.44. The number of aromatic nitrogens is 2. The lowest BCUT2D eigenvalue weighted by Gasteiger charge is -2.04. The van der Waals surface area contributed by atoms with Gasteiger partial charge in [-0.1, -0.05) is 48.0 Å². The Morgan fingerprint density at radius 3 is 2.58 bits per heavy atom. The van der Waals surface area contributed by atoms with E-state index in [-0.39, 0.29) is 18.2 Å². The highest BCUT2D eigenvalue weighted by molar-refractivity contribution is 7.88. The third-order valence-corrected chi connectivity index (χ3v) is 4.67. The van der Waals surface area contributed by atoms with Crippen molar-refractivity contribution in [2.45, 2.75) is 19.2 Å². The van der Waals surface area contributed by atoms with Gasteiger partial charge in [-0.2, -0.15) is 0 Å². The van der Waals surface area contributed by atoms with E-state index in [1.165, 1.54) is 0 Å². The predicted molar refractivity (Wildman–Crippen MR) is 90.4 cm³/mol. The maximum atomic E-state index is 12.1. The van der Waals surface area contributed by atoms with Crippen molar-refractivity contribution in [1.82, 2.24) is 14.9 Å². The Kier molecular flexibility index (Phi) is 4.73. The first-order valence-electron chi connectivity index (χ1n) is 7.42. The number of aryl methyl sites for hydroxylation is 1. The van der Waals surface area contributed by atoms with Crippen LogP contribution in [-0.4, -0.2) is 18.6 Å². The third kappa shape index (κ3) is 4.27. The molecule has 0 aliphatic rings. The summed E-state index contributed by atoms with van der Waals surface area (Å²) in [5.41, 5.74) is 2.60. The van der Waals surface area contributed by atoms with Gasteiger partial charge in [-0.25, -0.2) is 13.1 Å². The lowest BCUT2D eigenvalue weighted by molar-refractivity contribution is 0.494. The monoisotopic (exact) mass is 343 g/mol. The summed E-state index contributed by atoms with van der Waals surface area (Å²) in [5.74, 6) is 0.506. The Labute approximate surface area is 140 Å². The minimum absolute atomic E-state index is 0.0337. The Balaban J connectivity index is 1.65. The molecule has 6 nitrogen and oxygen atoms in total. The number of nitrogens with one attached hydrogen (secondary N) is 1. The average Bonchev–Trinajstić information content (AvgIpc) is 3.03. The van der Waals surface area contributed by atoms with E-state index in [1.807, 2.05) is 37.3 Å². The van der Waals surface area contributed by atoms with E-state index in [1.54, 1.807) is 24.3 Å². The molecule has 0 unspecified atom stereocenters. The molecule has 1 N–H and O–H groups in total. The van der Waals surface area contributed by atoms with Crippen LogP contribution in [0.5, 0.6) is 0 Å². The average molecular weight is 343 g/mol. The van der Waals surface area contributed by atoms with Crippen molar-refractivity contribution < 1.29 is 12.8 Å². The molecule has 0 spiro atoms. The zero-order chi connectivity index (χ0) is 17.0. The summed E-state index contributed by atoms with van der Waals surface area (Å²) >= 11 is 0. The van der Waals surface area contributed by atoms with Crippen LogP contribution in [0, 0.1) is 6.92 Å². The fraction of sp³-hybridized carbons (Fsp3) is 0.176. The summed E-state index contributed by atoms with van der Waals surface area (Å²) in [6.07, 6.45) is 0. The van der Waals surface area contributed by atoms with Crippen molar-refractivity contribution in [2.24, 2.45) is 0 Å². The number of benzene rings is 2. The van der Waals surface area contributed by atoms with Crippen molar-refractivity contribution in [1.29, 1.82) is 0 Å². The van der Waals surface area contributed by atoms with Gasteiger partial charge in [0.2, 0.25) is 21.8 Å². The first kappa shape index (κ1) is 16.4. The van der Waals surface area contributed by atoms with E-state index in [0.29, 0.717) is 5.89 Å². The molecule has 124 valence electrons. The molecule has 2 aromatic carbocycles. The number of nitrogens with zero attached hydrogens (tertiary/aromatic N) is 2. The molecule has 0 saturated carbocycles. The molecule has 0 saturated heterocycles. The molecule has 0 atom stereocenters. The number of hydrogen-bond donors (Lipinski definition) is 1. The molecule has 7 heteroatoms. The second kappa shape index (κ2) is 6.94. The maximum absolute atomic E-state index is 12.1. The molecular weight excluding hydrogens is 326 g/mol. The largest absolute Gasteiger partial charge is 0.419 e. The molecule has 3 rings (SSSR count). The molecule has 0 aliphatic heterocycles. The highest BCUT2D eigenvalue weighted by Crippen LogP contribution is 2.18. The fourth-order valence-corrected chi connectivity index (χ4v) is 3.31. The third-order valence-electron chi connectivity index (χ3n) is 3.37. The van der Waals surface area contributed by atoms with Crippen LogP contribution < -0.4 is 4.72 Å². The summed E-state index contributed by atoms with van der Waals surface area (Å²) in [4.78, 5) is 0. The van der Waals surface area contributed by atoms with Crippen molar-refractivity contribution in [3.05, 3.63) is 71.6 Å². The fourth-order valence-electron chi connectivity index (χ4n) is 2.24. The normalized spacial score (nSPS) is 11.5. The van der Waals surface area contributed by atoms with E-state index in [0.717, 1.165) is 16.7 Å². The van der Waals surface area contributed by atoms with E-state index >= 15 is 0 Å². The molecule has 0 aliphatic carbocycles. The van der Waals surface area contributed by atoms with Crippen LogP contribution in [0.3, 0.4) is 0 Å². The van der Waals surface area contributed by atoms with Gasteiger partial charge >= 0.3 is 0 Å². The van der Waals surface area contributed by atoms with Crippen LogP contribution in [0.1, 0.15) is 17.0 Å². The Morgan fingerprint density at radius 2 is 1.83 bits per heavy atom. The molecule has 0 fully saturated rings. The van der Waals surface area contributed by atoms with Crippen LogP contribution >= 0.6 is 0 Å². The molecule has 0 radical (unpaired) electrons. The van der Waals surface area contributed by atoms with Crippen LogP contribution in [0.15, 0.2) is 59.0 Å². The van der Waals surface area contributed by atoms with Gasteiger partial charge in [-0.05, 0) is 24.6 Å². The van der Waals surface area contributed by atoms with E-state index < -0.39 is 10.0 Å². The molecule has 3 aromatic rings. The number of sulfonamides is 1. The Bertz CT molecular complexity index is 921. The first-order valence-corrected chi connectivity index (χ1v) is 9.08. The van der Waals surface area contributed by atoms with Crippen molar-refractivity contribution >= 4 is 10.0 Å². The van der Waals surface area contributed by atoms with Crippen molar-refractivity contribution in [2.75, 3.05) is 0 Å². The summed E-state index contributed by atoms with van der Waals surface area (Å²) in [7, 11) is -3.47. The molecule has 0 bridgehead atoms. The van der Waals surface area contributed by atoms with Crippen LogP contribution in [0.2, 0.25) is 0 Å². The topological polar surface area (TPSA) is 85.1 Å². The van der Waals surface area contributed by atoms with E-state index in [4.69, 9.17) is 4.42 Å². The standard InChI is InChI=1S/C17H17N3O3S/c1-13-6-5-9-15(10-13)17-20-19-16(23-17)11-18-24(21,22)12-14-7-3-2-4-8-14/h2-10,18H,11-12H2,1H3. The van der Waals surface area contributed by atoms with E-state index in [2.05, 4.69) is 14.9 Å². The smallest absolute Gasteiger partial charge is 0.247 e. The van der Waals surface area contributed by atoms with Gasteiger partial charge in [0.25, 0.3) is 0 Å². The summed E-state index contributed by atoms with van der Waals surface area (Å²) in [6, 6.07) is 16.6. The van der Waals surface area contributed by atoms with Gasteiger partial charge in [-0.3, -0.25) is 0 Å². The lowest BCUT2D eigenvalue weighted by Crippen LogP contribution is -2.24. The number of hydrogen-bond acceptors (Lipinski definition) is 5. The van der Waals surface area contributed by atoms with Crippen LogP contribution in [-0.2, 0) is 22.3 Å². The highest BCUT2D eigenvalue weighted by atomic mass is 32.2. The van der Waals surface area contributed by atoms with Crippen LogP contribution in [0.25, 0.3) is 11.5 Å². The molecule has 1 aromatic heterocycles. The quantitative estimate of drug-likeness (QED) is 0.744. The zero-order valence-electron chi connectivity index (χ0n) is 13.1. The SMILES string of the molecule is Cc1cccc(-c2nnc(CNS(=O)(=O)Cc3ccccc3)o2)c1. The number of rotatable bonds is 6. The molecular formula is C17H17N3O3S. The zero-order valence-corrected chi connectivity index (χ0v) is 14.0. The summed E-state index contributed by atoms with van der Waals surface area (Å²) < 4.78 is 32.2. The van der Waals surface area contributed by atoms with E-state index in [9.17, 15) is 8.42 Å². The summed E-state index contributed by atoms with van der Waals surface area (Å²) in [6.45, 7) is 1.94. The van der Waals surface area contributed by atoms with Gasteiger partial charge in [0.15, 0.2) is 0 Å². The lowest BCUT2D eigenvalue weighted by atomic mass is 10.1. The van der Waals surface area contributed by atoms with Crippen molar-refractivity contribution in [3.63, 3.8) is 0 Å². The predicted octanol–water partition coefficient (Wildman–Crippen LogP) is 2.66. The van der Waals surface area contributed by atoms with Crippen LogP contribution in [0.4, 0.5) is 0 Å². The Hall–Kier alpha value is -2.51. The Morgan fingerprint density at radius 1 is 1.04 bits per heavy atom. The minimum atomic E-state index is -3.47. The van der Waals surface area contributed by atoms with Gasteiger partial charge in [0.1, 0.15) is 0 Å². The van der Waals surface area contributed by atoms with Gasteiger partial charge in [-0.15, -0.1) is 10.2 Å². The van der Waals surface area contributed by atoms with Gasteiger partial charge in [0, 0.05) is 5.56 Å². The summed E-state index contributed by atoms with van der Waals surface area (Å²) in [5, 5.41) is 7.85. The van der Waals surface area contributed by atoms with Gasteiger partial charge in [0.05, 0.1) is 12.3 Å². The van der Waals surface area contributed by atoms with Gasteiger partial charge < -0.3 is 4.42 Å². The second-order valence-corrected chi connectivity index (χ2v) is 7.24.